The molecular weight excluding hydrogens is 202 g/mol. The fourth-order valence-corrected chi connectivity index (χ4v) is 1.47. The molecule has 0 saturated carbocycles. The number of para-hydroxylation sites is 1. The second kappa shape index (κ2) is 4.72. The molecule has 0 saturated heterocycles. The lowest BCUT2D eigenvalue weighted by molar-refractivity contribution is 0.0950. The molecular formula is C12H13N3O. The molecule has 3 N–H and O–H groups in total. The van der Waals surface area contributed by atoms with Gasteiger partial charge < -0.3 is 11.1 Å². The summed E-state index contributed by atoms with van der Waals surface area (Å²) >= 11 is 0. The summed E-state index contributed by atoms with van der Waals surface area (Å²) in [5.41, 5.74) is 6.56. The summed E-state index contributed by atoms with van der Waals surface area (Å²) in [6, 6.07) is 11.3. The van der Waals surface area contributed by atoms with Gasteiger partial charge in [-0.25, -0.2) is 4.98 Å². The van der Waals surface area contributed by atoms with Gasteiger partial charge in [-0.15, -0.1) is 0 Å². The highest BCUT2D eigenvalue weighted by atomic mass is 16.1. The van der Waals surface area contributed by atoms with E-state index in [1.165, 1.54) is 0 Å². The lowest BCUT2D eigenvalue weighted by Gasteiger charge is -2.03. The van der Waals surface area contributed by atoms with Crippen LogP contribution < -0.4 is 11.1 Å². The molecule has 1 aromatic carbocycles. The highest BCUT2D eigenvalue weighted by Crippen LogP contribution is 2.11. The first-order chi connectivity index (χ1) is 7.81. The van der Waals surface area contributed by atoms with Crippen molar-refractivity contribution < 1.29 is 4.79 Å². The maximum Gasteiger partial charge on any atom is 0.269 e. The third kappa shape index (κ3) is 2.17. The van der Waals surface area contributed by atoms with Crippen LogP contribution in [0.5, 0.6) is 0 Å². The van der Waals surface area contributed by atoms with Gasteiger partial charge in [-0.2, -0.15) is 0 Å². The Labute approximate surface area is 93.5 Å². The second-order valence-corrected chi connectivity index (χ2v) is 3.43. The number of nitrogens with one attached hydrogen (secondary N) is 1. The minimum atomic E-state index is -0.184. The third-order valence-electron chi connectivity index (χ3n) is 2.26. The van der Waals surface area contributed by atoms with Gasteiger partial charge in [0.2, 0.25) is 0 Å². The molecule has 2 rings (SSSR count). The molecule has 0 fully saturated rings. The van der Waals surface area contributed by atoms with E-state index in [1.807, 2.05) is 30.3 Å². The summed E-state index contributed by atoms with van der Waals surface area (Å²) < 4.78 is 0. The topological polar surface area (TPSA) is 68.0 Å². The number of benzene rings is 1. The molecule has 0 aliphatic heterocycles. The number of hydrogen-bond donors (Lipinski definition) is 2. The van der Waals surface area contributed by atoms with E-state index in [2.05, 4.69) is 10.3 Å². The minimum Gasteiger partial charge on any atom is -0.349 e. The van der Waals surface area contributed by atoms with Crippen LogP contribution in [0.25, 0.3) is 10.9 Å². The quantitative estimate of drug-likeness (QED) is 0.800. The summed E-state index contributed by atoms with van der Waals surface area (Å²) in [5, 5.41) is 3.71. The van der Waals surface area contributed by atoms with Crippen molar-refractivity contribution in [1.29, 1.82) is 0 Å². The van der Waals surface area contributed by atoms with Crippen molar-refractivity contribution in [3.63, 3.8) is 0 Å². The number of amides is 1. The largest absolute Gasteiger partial charge is 0.349 e. The van der Waals surface area contributed by atoms with E-state index in [0.717, 1.165) is 10.9 Å². The highest BCUT2D eigenvalue weighted by Gasteiger charge is 2.06. The van der Waals surface area contributed by atoms with Crippen molar-refractivity contribution >= 4 is 16.8 Å². The summed E-state index contributed by atoms with van der Waals surface area (Å²) in [6.45, 7) is 0.895. The van der Waals surface area contributed by atoms with Crippen LogP contribution in [0.2, 0.25) is 0 Å². The van der Waals surface area contributed by atoms with E-state index in [-0.39, 0.29) is 5.91 Å². The Morgan fingerprint density at radius 1 is 1.25 bits per heavy atom. The smallest absolute Gasteiger partial charge is 0.269 e. The second-order valence-electron chi connectivity index (χ2n) is 3.43. The number of rotatable bonds is 3. The zero-order chi connectivity index (χ0) is 11.4. The van der Waals surface area contributed by atoms with Crippen molar-refractivity contribution in [2.75, 3.05) is 13.1 Å². The minimum absolute atomic E-state index is 0.184. The maximum absolute atomic E-state index is 11.6. The summed E-state index contributed by atoms with van der Waals surface area (Å²) in [6.07, 6.45) is 0. The molecule has 16 heavy (non-hydrogen) atoms. The van der Waals surface area contributed by atoms with E-state index in [1.54, 1.807) is 6.07 Å². The zero-order valence-electron chi connectivity index (χ0n) is 8.81. The third-order valence-corrected chi connectivity index (χ3v) is 2.26. The molecule has 2 aromatic rings. The van der Waals surface area contributed by atoms with Crippen LogP contribution in [0.1, 0.15) is 10.5 Å². The molecule has 0 atom stereocenters. The van der Waals surface area contributed by atoms with E-state index in [9.17, 15) is 4.79 Å². The lowest BCUT2D eigenvalue weighted by atomic mass is 10.2. The molecule has 0 bridgehead atoms. The van der Waals surface area contributed by atoms with Gasteiger partial charge in [0.05, 0.1) is 5.52 Å². The fraction of sp³-hybridized carbons (Fsp3) is 0.167. The maximum atomic E-state index is 11.6. The van der Waals surface area contributed by atoms with Gasteiger partial charge in [-0.1, -0.05) is 24.3 Å². The molecule has 0 radical (unpaired) electrons. The number of carbonyl (C=O) groups excluding carboxylic acids is 1. The van der Waals surface area contributed by atoms with Gasteiger partial charge in [0.25, 0.3) is 5.91 Å². The molecule has 82 valence electrons. The molecule has 1 heterocycles. The van der Waals surface area contributed by atoms with Gasteiger partial charge in [-0.3, -0.25) is 4.79 Å². The molecule has 0 unspecified atom stereocenters. The molecule has 0 aliphatic rings. The van der Waals surface area contributed by atoms with E-state index >= 15 is 0 Å². The number of hydrogen-bond acceptors (Lipinski definition) is 3. The fourth-order valence-electron chi connectivity index (χ4n) is 1.47. The standard InChI is InChI=1S/C12H13N3O/c13-7-8-14-12(16)11-6-5-9-3-1-2-4-10(9)15-11/h1-6H,7-8,13H2,(H,14,16). The van der Waals surface area contributed by atoms with Crippen molar-refractivity contribution in [1.82, 2.24) is 10.3 Å². The Morgan fingerprint density at radius 3 is 2.88 bits per heavy atom. The van der Waals surface area contributed by atoms with E-state index in [4.69, 9.17) is 5.73 Å². The number of fused-ring (bicyclic) bond motifs is 1. The van der Waals surface area contributed by atoms with E-state index < -0.39 is 0 Å². The number of carbonyl (C=O) groups is 1. The zero-order valence-corrected chi connectivity index (χ0v) is 8.81. The number of nitrogens with two attached hydrogens (primary N) is 1. The predicted molar refractivity (Wildman–Crippen MR) is 63.1 cm³/mol. The molecule has 1 amide bonds. The van der Waals surface area contributed by atoms with Crippen LogP contribution in [0.15, 0.2) is 36.4 Å². The van der Waals surface area contributed by atoms with E-state index in [0.29, 0.717) is 18.8 Å². The Balaban J connectivity index is 2.28. The Bertz CT molecular complexity index is 510. The van der Waals surface area contributed by atoms with Crippen LogP contribution in [-0.4, -0.2) is 24.0 Å². The van der Waals surface area contributed by atoms with Crippen LogP contribution in [0.4, 0.5) is 0 Å². The Kier molecular flexibility index (Phi) is 3.12. The Morgan fingerprint density at radius 2 is 2.06 bits per heavy atom. The monoisotopic (exact) mass is 215 g/mol. The number of aromatic nitrogens is 1. The van der Waals surface area contributed by atoms with Crippen molar-refractivity contribution in [3.05, 3.63) is 42.1 Å². The Hall–Kier alpha value is -1.94. The molecule has 4 nitrogen and oxygen atoms in total. The predicted octanol–water partition coefficient (Wildman–Crippen LogP) is 0.923. The van der Waals surface area contributed by atoms with Gasteiger partial charge in [0.15, 0.2) is 0 Å². The summed E-state index contributed by atoms with van der Waals surface area (Å²) in [4.78, 5) is 15.9. The average Bonchev–Trinajstić information content (AvgIpc) is 2.35. The molecule has 0 spiro atoms. The molecule has 4 heteroatoms. The van der Waals surface area contributed by atoms with Crippen molar-refractivity contribution in [2.24, 2.45) is 5.73 Å². The van der Waals surface area contributed by atoms with Crippen LogP contribution in [0, 0.1) is 0 Å². The number of pyridine rings is 1. The lowest BCUT2D eigenvalue weighted by Crippen LogP contribution is -2.29. The van der Waals surface area contributed by atoms with Gasteiger partial charge >= 0.3 is 0 Å². The first-order valence-electron chi connectivity index (χ1n) is 5.15. The van der Waals surface area contributed by atoms with Crippen LogP contribution in [0.3, 0.4) is 0 Å². The van der Waals surface area contributed by atoms with Crippen LogP contribution >= 0.6 is 0 Å². The SMILES string of the molecule is NCCNC(=O)c1ccc2ccccc2n1. The summed E-state index contributed by atoms with van der Waals surface area (Å²) in [5.74, 6) is -0.184. The van der Waals surface area contributed by atoms with Crippen molar-refractivity contribution in [2.45, 2.75) is 0 Å². The van der Waals surface area contributed by atoms with Gasteiger partial charge in [-0.05, 0) is 12.1 Å². The van der Waals surface area contributed by atoms with Crippen molar-refractivity contribution in [3.8, 4) is 0 Å². The van der Waals surface area contributed by atoms with Gasteiger partial charge in [0, 0.05) is 18.5 Å². The highest BCUT2D eigenvalue weighted by molar-refractivity contribution is 5.94. The first-order valence-corrected chi connectivity index (χ1v) is 5.15. The number of nitrogens with zero attached hydrogens (tertiary/aromatic N) is 1. The van der Waals surface area contributed by atoms with Gasteiger partial charge in [0.1, 0.15) is 5.69 Å². The van der Waals surface area contributed by atoms with Crippen LogP contribution in [-0.2, 0) is 0 Å². The first kappa shape index (κ1) is 10.6. The normalized spacial score (nSPS) is 10.3. The molecule has 1 aromatic heterocycles. The average molecular weight is 215 g/mol. The molecule has 0 aliphatic carbocycles. The summed E-state index contributed by atoms with van der Waals surface area (Å²) in [7, 11) is 0.